The van der Waals surface area contributed by atoms with E-state index < -0.39 is 11.4 Å². The van der Waals surface area contributed by atoms with E-state index in [4.69, 9.17) is 4.74 Å². The van der Waals surface area contributed by atoms with Gasteiger partial charge in [-0.3, -0.25) is 0 Å². The van der Waals surface area contributed by atoms with Gasteiger partial charge >= 0.3 is 6.09 Å². The molecular weight excluding hydrogens is 275 g/mol. The standard InChI is InChI=1S/C14H21FN4O2/c1-14(2,3)21-13(20)19-6-4-5-11(19)9-18-12-16-7-10(15)8-17-12/h7-8,11H,4-6,9H2,1-3H3,(H,16,17,18)/t11-/m1/s1. The quantitative estimate of drug-likeness (QED) is 0.928. The molecule has 7 heteroatoms. The fourth-order valence-electron chi connectivity index (χ4n) is 2.22. The predicted octanol–water partition coefficient (Wildman–Crippen LogP) is 2.43. The number of likely N-dealkylation sites (tertiary alicyclic amines) is 1. The van der Waals surface area contributed by atoms with Crippen molar-refractivity contribution in [1.82, 2.24) is 14.9 Å². The highest BCUT2D eigenvalue weighted by Crippen LogP contribution is 2.21. The first-order valence-electron chi connectivity index (χ1n) is 7.06. The SMILES string of the molecule is CC(C)(C)OC(=O)N1CCC[C@@H]1CNc1ncc(F)cn1. The van der Waals surface area contributed by atoms with Crippen LogP contribution in [0.2, 0.25) is 0 Å². The zero-order chi connectivity index (χ0) is 15.5. The highest BCUT2D eigenvalue weighted by atomic mass is 19.1. The molecule has 1 atom stereocenters. The Morgan fingerprint density at radius 2 is 2.14 bits per heavy atom. The molecule has 1 aliphatic rings. The van der Waals surface area contributed by atoms with E-state index in [1.165, 1.54) is 0 Å². The zero-order valence-corrected chi connectivity index (χ0v) is 12.6. The zero-order valence-electron chi connectivity index (χ0n) is 12.6. The van der Waals surface area contributed by atoms with Crippen LogP contribution in [0.25, 0.3) is 0 Å². The Kier molecular flexibility index (Phi) is 4.59. The Balaban J connectivity index is 1.90. The van der Waals surface area contributed by atoms with Crippen LogP contribution in [0.3, 0.4) is 0 Å². The van der Waals surface area contributed by atoms with Gasteiger partial charge in [0.15, 0.2) is 5.82 Å². The summed E-state index contributed by atoms with van der Waals surface area (Å²) in [5.74, 6) is -0.121. The van der Waals surface area contributed by atoms with Crippen LogP contribution in [0.1, 0.15) is 33.6 Å². The smallest absolute Gasteiger partial charge is 0.410 e. The van der Waals surface area contributed by atoms with Crippen molar-refractivity contribution in [3.8, 4) is 0 Å². The number of nitrogens with zero attached hydrogens (tertiary/aromatic N) is 3. The monoisotopic (exact) mass is 296 g/mol. The highest BCUT2D eigenvalue weighted by molar-refractivity contribution is 5.69. The Hall–Kier alpha value is -1.92. The van der Waals surface area contributed by atoms with Crippen LogP contribution in [0.15, 0.2) is 12.4 Å². The number of hydrogen-bond donors (Lipinski definition) is 1. The molecule has 1 N–H and O–H groups in total. The highest BCUT2D eigenvalue weighted by Gasteiger charge is 2.32. The summed E-state index contributed by atoms with van der Waals surface area (Å²) in [4.78, 5) is 21.5. The van der Waals surface area contributed by atoms with E-state index in [0.717, 1.165) is 25.2 Å². The van der Waals surface area contributed by atoms with E-state index >= 15 is 0 Å². The Morgan fingerprint density at radius 1 is 1.48 bits per heavy atom. The molecule has 0 aliphatic carbocycles. The first-order chi connectivity index (χ1) is 9.85. The first kappa shape index (κ1) is 15.5. The van der Waals surface area contributed by atoms with Gasteiger partial charge in [-0.1, -0.05) is 0 Å². The topological polar surface area (TPSA) is 67.3 Å². The number of carbonyl (C=O) groups excluding carboxylic acids is 1. The third-order valence-corrected chi connectivity index (χ3v) is 3.12. The van der Waals surface area contributed by atoms with Gasteiger partial charge in [-0.25, -0.2) is 19.2 Å². The van der Waals surface area contributed by atoms with Crippen LogP contribution < -0.4 is 5.32 Å². The van der Waals surface area contributed by atoms with E-state index in [1.54, 1.807) is 4.90 Å². The van der Waals surface area contributed by atoms with Gasteiger partial charge in [-0.2, -0.15) is 0 Å². The molecule has 0 aromatic carbocycles. The fraction of sp³-hybridized carbons (Fsp3) is 0.643. The van der Waals surface area contributed by atoms with Crippen molar-refractivity contribution in [3.05, 3.63) is 18.2 Å². The number of anilines is 1. The lowest BCUT2D eigenvalue weighted by atomic mass is 10.2. The number of ether oxygens (including phenoxy) is 1. The molecule has 1 aromatic heterocycles. The minimum atomic E-state index is -0.502. The van der Waals surface area contributed by atoms with Gasteiger partial charge in [0.25, 0.3) is 0 Å². The minimum Gasteiger partial charge on any atom is -0.444 e. The molecule has 0 radical (unpaired) electrons. The third kappa shape index (κ3) is 4.54. The minimum absolute atomic E-state index is 0.0357. The molecule has 116 valence electrons. The number of nitrogens with one attached hydrogen (secondary N) is 1. The second-order valence-corrected chi connectivity index (χ2v) is 6.08. The number of aromatic nitrogens is 2. The predicted molar refractivity (Wildman–Crippen MR) is 76.4 cm³/mol. The summed E-state index contributed by atoms with van der Waals surface area (Å²) in [6.45, 7) is 6.75. The molecule has 1 amide bonds. The largest absolute Gasteiger partial charge is 0.444 e. The van der Waals surface area contributed by atoms with Crippen molar-refractivity contribution in [3.63, 3.8) is 0 Å². The van der Waals surface area contributed by atoms with Crippen molar-refractivity contribution in [2.24, 2.45) is 0 Å². The number of hydrogen-bond acceptors (Lipinski definition) is 5. The summed E-state index contributed by atoms with van der Waals surface area (Å²) in [6, 6.07) is 0.0357. The molecule has 1 aromatic rings. The molecular formula is C14H21FN4O2. The van der Waals surface area contributed by atoms with Crippen LogP contribution >= 0.6 is 0 Å². The normalized spacial score (nSPS) is 18.7. The second-order valence-electron chi connectivity index (χ2n) is 6.08. The lowest BCUT2D eigenvalue weighted by Gasteiger charge is -2.28. The number of rotatable bonds is 3. The fourth-order valence-corrected chi connectivity index (χ4v) is 2.22. The van der Waals surface area contributed by atoms with Gasteiger partial charge in [0.2, 0.25) is 5.95 Å². The van der Waals surface area contributed by atoms with Gasteiger partial charge < -0.3 is 15.0 Å². The Morgan fingerprint density at radius 3 is 2.76 bits per heavy atom. The van der Waals surface area contributed by atoms with E-state index in [-0.39, 0.29) is 12.1 Å². The summed E-state index contributed by atoms with van der Waals surface area (Å²) in [6.07, 6.45) is 3.75. The van der Waals surface area contributed by atoms with Crippen molar-refractivity contribution < 1.29 is 13.9 Å². The summed E-state index contributed by atoms with van der Waals surface area (Å²) >= 11 is 0. The molecule has 1 fully saturated rings. The maximum absolute atomic E-state index is 12.7. The summed E-state index contributed by atoms with van der Waals surface area (Å²) in [5.41, 5.74) is -0.502. The van der Waals surface area contributed by atoms with Crippen molar-refractivity contribution in [1.29, 1.82) is 0 Å². The number of carbonyl (C=O) groups is 1. The van der Waals surface area contributed by atoms with Crippen LogP contribution in [0.5, 0.6) is 0 Å². The third-order valence-electron chi connectivity index (χ3n) is 3.12. The molecule has 2 heterocycles. The van der Waals surface area contributed by atoms with Crippen molar-refractivity contribution >= 4 is 12.0 Å². The molecule has 21 heavy (non-hydrogen) atoms. The van der Waals surface area contributed by atoms with Gasteiger partial charge in [0, 0.05) is 13.1 Å². The average Bonchev–Trinajstić information content (AvgIpc) is 2.84. The Bertz CT molecular complexity index is 487. The maximum Gasteiger partial charge on any atom is 0.410 e. The van der Waals surface area contributed by atoms with Crippen LogP contribution in [-0.2, 0) is 4.74 Å². The van der Waals surface area contributed by atoms with E-state index in [0.29, 0.717) is 19.0 Å². The number of amides is 1. The summed E-state index contributed by atoms with van der Waals surface area (Å²) < 4.78 is 18.1. The Labute approximate surface area is 123 Å². The van der Waals surface area contributed by atoms with Crippen molar-refractivity contribution in [2.45, 2.75) is 45.3 Å². The average molecular weight is 296 g/mol. The van der Waals surface area contributed by atoms with Gasteiger partial charge in [0.05, 0.1) is 18.4 Å². The van der Waals surface area contributed by atoms with Gasteiger partial charge in [-0.05, 0) is 33.6 Å². The lowest BCUT2D eigenvalue weighted by molar-refractivity contribution is 0.0235. The van der Waals surface area contributed by atoms with Crippen LogP contribution in [0, 0.1) is 5.82 Å². The van der Waals surface area contributed by atoms with E-state index in [9.17, 15) is 9.18 Å². The molecule has 0 saturated carbocycles. The van der Waals surface area contributed by atoms with Gasteiger partial charge in [-0.15, -0.1) is 0 Å². The van der Waals surface area contributed by atoms with E-state index in [2.05, 4.69) is 15.3 Å². The molecule has 1 saturated heterocycles. The van der Waals surface area contributed by atoms with Crippen LogP contribution in [0.4, 0.5) is 15.1 Å². The lowest BCUT2D eigenvalue weighted by Crippen LogP contribution is -2.42. The molecule has 0 bridgehead atoms. The first-order valence-corrected chi connectivity index (χ1v) is 7.06. The maximum atomic E-state index is 12.7. The molecule has 2 rings (SSSR count). The second kappa shape index (κ2) is 6.24. The molecule has 1 aliphatic heterocycles. The molecule has 0 unspecified atom stereocenters. The molecule has 6 nitrogen and oxygen atoms in total. The van der Waals surface area contributed by atoms with Crippen molar-refractivity contribution in [2.75, 3.05) is 18.4 Å². The van der Waals surface area contributed by atoms with E-state index in [1.807, 2.05) is 20.8 Å². The van der Waals surface area contributed by atoms with Gasteiger partial charge in [0.1, 0.15) is 5.60 Å². The van der Waals surface area contributed by atoms with Crippen LogP contribution in [-0.4, -0.2) is 45.7 Å². The summed E-state index contributed by atoms with van der Waals surface area (Å²) in [7, 11) is 0. The summed E-state index contributed by atoms with van der Waals surface area (Å²) in [5, 5.41) is 3.02. The number of halogens is 1. The molecule has 0 spiro atoms.